The molecule has 0 amide bonds. The Bertz CT molecular complexity index is 530. The van der Waals surface area contributed by atoms with Crippen LogP contribution in [0, 0.1) is 0 Å². The van der Waals surface area contributed by atoms with Gasteiger partial charge < -0.3 is 9.73 Å². The smallest absolute Gasteiger partial charge is 0.134 e. The summed E-state index contributed by atoms with van der Waals surface area (Å²) >= 11 is 0. The number of para-hydroxylation sites is 1. The van der Waals surface area contributed by atoms with Gasteiger partial charge in [0.05, 0.1) is 6.04 Å². The first-order chi connectivity index (χ1) is 9.78. The maximum Gasteiger partial charge on any atom is 0.134 e. The van der Waals surface area contributed by atoms with Gasteiger partial charge >= 0.3 is 0 Å². The van der Waals surface area contributed by atoms with Crippen LogP contribution in [0.25, 0.3) is 11.0 Å². The van der Waals surface area contributed by atoms with Crippen molar-refractivity contribution in [3.8, 4) is 0 Å². The highest BCUT2D eigenvalue weighted by atomic mass is 16.3. The first-order valence-corrected chi connectivity index (χ1v) is 7.67. The molecule has 1 aliphatic heterocycles. The van der Waals surface area contributed by atoms with Crippen LogP contribution in [0.4, 0.5) is 0 Å². The molecule has 0 bridgehead atoms. The molecule has 2 atom stereocenters. The van der Waals surface area contributed by atoms with E-state index in [0.717, 1.165) is 17.9 Å². The number of furan rings is 1. The molecule has 0 spiro atoms. The molecule has 2 unspecified atom stereocenters. The van der Waals surface area contributed by atoms with Gasteiger partial charge in [0.2, 0.25) is 0 Å². The fourth-order valence-electron chi connectivity index (χ4n) is 3.16. The standard InChI is InChI=1S/C17H24N2O/c1-13-7-5-6-10-19(13)12-15(18-2)17-11-14-8-3-4-9-16(14)20-17/h3-4,8-9,11,13,15,18H,5-7,10,12H2,1-2H3. The fraction of sp³-hybridized carbons (Fsp3) is 0.529. The van der Waals surface area contributed by atoms with Gasteiger partial charge in [0.25, 0.3) is 0 Å². The van der Waals surface area contributed by atoms with E-state index in [1.165, 1.54) is 31.2 Å². The molecule has 2 heterocycles. The Balaban J connectivity index is 1.78. The SMILES string of the molecule is CNC(CN1CCCCC1C)c1cc2ccccc2o1. The van der Waals surface area contributed by atoms with Gasteiger partial charge in [0.15, 0.2) is 0 Å². The minimum absolute atomic E-state index is 0.267. The molecule has 3 rings (SSSR count). The number of nitrogens with zero attached hydrogens (tertiary/aromatic N) is 1. The van der Waals surface area contributed by atoms with E-state index >= 15 is 0 Å². The van der Waals surface area contributed by atoms with Crippen LogP contribution in [0.2, 0.25) is 0 Å². The molecular weight excluding hydrogens is 248 g/mol. The zero-order valence-electron chi connectivity index (χ0n) is 12.4. The van der Waals surface area contributed by atoms with E-state index in [0.29, 0.717) is 6.04 Å². The Hall–Kier alpha value is -1.32. The summed E-state index contributed by atoms with van der Waals surface area (Å²) in [6.45, 7) is 4.57. The first-order valence-electron chi connectivity index (χ1n) is 7.67. The van der Waals surface area contributed by atoms with E-state index < -0.39 is 0 Å². The van der Waals surface area contributed by atoms with Crippen molar-refractivity contribution in [1.29, 1.82) is 0 Å². The Morgan fingerprint density at radius 2 is 2.20 bits per heavy atom. The number of hydrogen-bond acceptors (Lipinski definition) is 3. The number of piperidine rings is 1. The summed E-state index contributed by atoms with van der Waals surface area (Å²) in [5.74, 6) is 1.05. The van der Waals surface area contributed by atoms with Gasteiger partial charge in [-0.3, -0.25) is 4.90 Å². The second kappa shape index (κ2) is 5.98. The minimum atomic E-state index is 0.267. The summed E-state index contributed by atoms with van der Waals surface area (Å²) in [6.07, 6.45) is 4.00. The molecule has 1 aliphatic rings. The summed E-state index contributed by atoms with van der Waals surface area (Å²) in [5, 5.41) is 4.60. The lowest BCUT2D eigenvalue weighted by atomic mass is 10.0. The van der Waals surface area contributed by atoms with E-state index in [1.54, 1.807) is 0 Å². The van der Waals surface area contributed by atoms with Gasteiger partial charge in [-0.2, -0.15) is 0 Å². The number of likely N-dealkylation sites (tertiary alicyclic amines) is 1. The number of rotatable bonds is 4. The molecule has 0 radical (unpaired) electrons. The van der Waals surface area contributed by atoms with E-state index in [4.69, 9.17) is 4.42 Å². The molecule has 1 fully saturated rings. The molecule has 0 aliphatic carbocycles. The van der Waals surface area contributed by atoms with E-state index in [1.807, 2.05) is 19.2 Å². The lowest BCUT2D eigenvalue weighted by molar-refractivity contribution is 0.141. The second-order valence-electron chi connectivity index (χ2n) is 5.87. The zero-order valence-corrected chi connectivity index (χ0v) is 12.4. The van der Waals surface area contributed by atoms with E-state index in [9.17, 15) is 0 Å². The molecule has 1 N–H and O–H groups in total. The monoisotopic (exact) mass is 272 g/mol. The average molecular weight is 272 g/mol. The Labute approximate surface area is 120 Å². The van der Waals surface area contributed by atoms with Crippen molar-refractivity contribution >= 4 is 11.0 Å². The summed E-state index contributed by atoms with van der Waals surface area (Å²) in [7, 11) is 2.02. The maximum absolute atomic E-state index is 6.01. The third-order valence-corrected chi connectivity index (χ3v) is 4.49. The van der Waals surface area contributed by atoms with Crippen molar-refractivity contribution in [3.05, 3.63) is 36.1 Å². The van der Waals surface area contributed by atoms with Crippen molar-refractivity contribution < 1.29 is 4.42 Å². The molecule has 1 saturated heterocycles. The molecule has 2 aromatic rings. The Morgan fingerprint density at radius 1 is 1.35 bits per heavy atom. The maximum atomic E-state index is 6.01. The lowest BCUT2D eigenvalue weighted by Gasteiger charge is -2.35. The van der Waals surface area contributed by atoms with Crippen molar-refractivity contribution in [1.82, 2.24) is 10.2 Å². The summed E-state index contributed by atoms with van der Waals surface area (Å²) in [6, 6.07) is 11.4. The normalized spacial score (nSPS) is 22.2. The summed E-state index contributed by atoms with van der Waals surface area (Å²) in [5.41, 5.74) is 0.981. The predicted octanol–water partition coefficient (Wildman–Crippen LogP) is 3.57. The predicted molar refractivity (Wildman–Crippen MR) is 82.9 cm³/mol. The van der Waals surface area contributed by atoms with Crippen molar-refractivity contribution in [2.45, 2.75) is 38.3 Å². The largest absolute Gasteiger partial charge is 0.459 e. The summed E-state index contributed by atoms with van der Waals surface area (Å²) < 4.78 is 6.01. The minimum Gasteiger partial charge on any atom is -0.459 e. The lowest BCUT2D eigenvalue weighted by Crippen LogP contribution is -2.42. The van der Waals surface area contributed by atoms with Crippen LogP contribution >= 0.6 is 0 Å². The van der Waals surface area contributed by atoms with Gasteiger partial charge in [-0.1, -0.05) is 24.6 Å². The first kappa shape index (κ1) is 13.7. The molecule has 1 aromatic carbocycles. The number of nitrogens with one attached hydrogen (secondary N) is 1. The second-order valence-corrected chi connectivity index (χ2v) is 5.87. The molecule has 20 heavy (non-hydrogen) atoms. The highest BCUT2D eigenvalue weighted by Crippen LogP contribution is 2.26. The highest BCUT2D eigenvalue weighted by molar-refractivity contribution is 5.77. The molecule has 3 nitrogen and oxygen atoms in total. The Kier molecular flexibility index (Phi) is 4.08. The van der Waals surface area contributed by atoms with Crippen LogP contribution in [0.5, 0.6) is 0 Å². The average Bonchev–Trinajstić information content (AvgIpc) is 2.90. The van der Waals surface area contributed by atoms with Crippen LogP contribution in [-0.2, 0) is 0 Å². The van der Waals surface area contributed by atoms with Crippen LogP contribution in [0.3, 0.4) is 0 Å². The quantitative estimate of drug-likeness (QED) is 0.922. The fourth-order valence-corrected chi connectivity index (χ4v) is 3.16. The highest BCUT2D eigenvalue weighted by Gasteiger charge is 2.23. The third-order valence-electron chi connectivity index (χ3n) is 4.49. The summed E-state index contributed by atoms with van der Waals surface area (Å²) in [4.78, 5) is 2.58. The van der Waals surface area contributed by atoms with E-state index in [-0.39, 0.29) is 6.04 Å². The van der Waals surface area contributed by atoms with E-state index in [2.05, 4.69) is 35.3 Å². The van der Waals surface area contributed by atoms with Crippen molar-refractivity contribution in [2.24, 2.45) is 0 Å². The van der Waals surface area contributed by atoms with Crippen molar-refractivity contribution in [3.63, 3.8) is 0 Å². The molecule has 1 aromatic heterocycles. The zero-order chi connectivity index (χ0) is 13.9. The van der Waals surface area contributed by atoms with Gasteiger partial charge in [0.1, 0.15) is 11.3 Å². The van der Waals surface area contributed by atoms with Crippen LogP contribution in [0.15, 0.2) is 34.7 Å². The number of fused-ring (bicyclic) bond motifs is 1. The van der Waals surface area contributed by atoms with Gasteiger partial charge in [-0.15, -0.1) is 0 Å². The van der Waals surface area contributed by atoms with Gasteiger partial charge in [0, 0.05) is 18.0 Å². The van der Waals surface area contributed by atoms with Gasteiger partial charge in [-0.25, -0.2) is 0 Å². The third kappa shape index (κ3) is 2.74. The molecular formula is C17H24N2O. The van der Waals surface area contributed by atoms with Crippen LogP contribution in [0.1, 0.15) is 38.0 Å². The van der Waals surface area contributed by atoms with Crippen LogP contribution < -0.4 is 5.32 Å². The number of likely N-dealkylation sites (N-methyl/N-ethyl adjacent to an activating group) is 1. The molecule has 108 valence electrons. The van der Waals surface area contributed by atoms with Gasteiger partial charge in [-0.05, 0) is 45.5 Å². The number of benzene rings is 1. The van der Waals surface area contributed by atoms with Crippen molar-refractivity contribution in [2.75, 3.05) is 20.1 Å². The van der Waals surface area contributed by atoms with Crippen LogP contribution in [-0.4, -0.2) is 31.1 Å². The Morgan fingerprint density at radius 3 is 2.95 bits per heavy atom. The molecule has 3 heteroatoms. The topological polar surface area (TPSA) is 28.4 Å². The molecule has 0 saturated carbocycles. The number of hydrogen-bond donors (Lipinski definition) is 1.